The molecular weight excluding hydrogens is 308 g/mol. The minimum atomic E-state index is -0.199. The zero-order valence-corrected chi connectivity index (χ0v) is 13.7. The van der Waals surface area contributed by atoms with E-state index in [0.717, 1.165) is 0 Å². The molecule has 2 aromatic rings. The normalized spacial score (nSPS) is 10.2. The molecule has 0 aliphatic rings. The third kappa shape index (κ3) is 5.46. The van der Waals surface area contributed by atoms with Gasteiger partial charge in [-0.25, -0.2) is 0 Å². The number of carbonyl (C=O) groups excluding carboxylic acids is 2. The summed E-state index contributed by atoms with van der Waals surface area (Å²) in [6, 6.07) is 10.7. The highest BCUT2D eigenvalue weighted by atomic mass is 16.5. The number of rotatable bonds is 9. The maximum absolute atomic E-state index is 12.2. The highest BCUT2D eigenvalue weighted by Crippen LogP contribution is 2.17. The maximum atomic E-state index is 12.2. The van der Waals surface area contributed by atoms with Gasteiger partial charge in [0, 0.05) is 13.0 Å². The summed E-state index contributed by atoms with van der Waals surface area (Å²) in [4.78, 5) is 23.9. The minimum Gasteiger partial charge on any atom is -0.493 e. The fraction of sp³-hybridized carbons (Fsp3) is 0.333. The molecule has 1 heterocycles. The molecule has 0 radical (unpaired) electrons. The van der Waals surface area contributed by atoms with E-state index in [9.17, 15) is 9.59 Å². The third-order valence-corrected chi connectivity index (χ3v) is 3.34. The van der Waals surface area contributed by atoms with Gasteiger partial charge in [-0.2, -0.15) is 0 Å². The summed E-state index contributed by atoms with van der Waals surface area (Å²) >= 11 is 0. The number of hydrogen-bond acceptors (Lipinski definition) is 4. The Kier molecular flexibility index (Phi) is 6.89. The number of amides is 2. The predicted octanol–water partition coefficient (Wildman–Crippen LogP) is 2.50. The van der Waals surface area contributed by atoms with Crippen LogP contribution in [0, 0.1) is 0 Å². The van der Waals surface area contributed by atoms with Crippen LogP contribution in [0.3, 0.4) is 0 Å². The Hall–Kier alpha value is -2.76. The molecule has 0 aliphatic carbocycles. The summed E-state index contributed by atoms with van der Waals surface area (Å²) in [5, 5.41) is 5.57. The molecule has 128 valence electrons. The van der Waals surface area contributed by atoms with Gasteiger partial charge >= 0.3 is 0 Å². The Labute approximate surface area is 141 Å². The largest absolute Gasteiger partial charge is 0.493 e. The fourth-order valence-electron chi connectivity index (χ4n) is 2.17. The molecule has 1 aromatic heterocycles. The second-order valence-corrected chi connectivity index (χ2v) is 5.14. The summed E-state index contributed by atoms with van der Waals surface area (Å²) in [6.45, 7) is 3.17. The van der Waals surface area contributed by atoms with Crippen molar-refractivity contribution < 1.29 is 18.7 Å². The lowest BCUT2D eigenvalue weighted by Gasteiger charge is -2.10. The second kappa shape index (κ2) is 9.39. The van der Waals surface area contributed by atoms with E-state index < -0.39 is 0 Å². The van der Waals surface area contributed by atoms with E-state index in [0.29, 0.717) is 49.6 Å². The number of nitrogens with one attached hydrogen (secondary N) is 2. The van der Waals surface area contributed by atoms with Crippen molar-refractivity contribution in [3.05, 3.63) is 54.0 Å². The third-order valence-electron chi connectivity index (χ3n) is 3.34. The Morgan fingerprint density at radius 3 is 2.71 bits per heavy atom. The van der Waals surface area contributed by atoms with Gasteiger partial charge < -0.3 is 19.8 Å². The van der Waals surface area contributed by atoms with E-state index >= 15 is 0 Å². The maximum Gasteiger partial charge on any atom is 0.255 e. The van der Waals surface area contributed by atoms with Crippen molar-refractivity contribution in [1.29, 1.82) is 0 Å². The van der Waals surface area contributed by atoms with Crippen molar-refractivity contribution in [1.82, 2.24) is 10.6 Å². The molecule has 1 aromatic carbocycles. The molecule has 0 bridgehead atoms. The molecule has 6 nitrogen and oxygen atoms in total. The van der Waals surface area contributed by atoms with Crippen molar-refractivity contribution in [3.8, 4) is 5.75 Å². The van der Waals surface area contributed by atoms with E-state index in [2.05, 4.69) is 10.6 Å². The van der Waals surface area contributed by atoms with Gasteiger partial charge in [-0.15, -0.1) is 0 Å². The van der Waals surface area contributed by atoms with Gasteiger partial charge in [0.25, 0.3) is 5.91 Å². The van der Waals surface area contributed by atoms with Crippen LogP contribution < -0.4 is 15.4 Å². The molecule has 0 aliphatic heterocycles. The first-order valence-electron chi connectivity index (χ1n) is 7.99. The Morgan fingerprint density at radius 2 is 1.96 bits per heavy atom. The molecule has 0 atom stereocenters. The number of ether oxygens (including phenoxy) is 1. The fourth-order valence-corrected chi connectivity index (χ4v) is 2.17. The number of furan rings is 1. The smallest absolute Gasteiger partial charge is 0.255 e. The van der Waals surface area contributed by atoms with Gasteiger partial charge in [-0.1, -0.05) is 12.1 Å². The molecule has 0 saturated heterocycles. The number of para-hydroxylation sites is 1. The molecule has 2 N–H and O–H groups in total. The summed E-state index contributed by atoms with van der Waals surface area (Å²) < 4.78 is 10.6. The quantitative estimate of drug-likeness (QED) is 0.692. The lowest BCUT2D eigenvalue weighted by atomic mass is 10.2. The van der Waals surface area contributed by atoms with Crippen molar-refractivity contribution in [3.63, 3.8) is 0 Å². The van der Waals surface area contributed by atoms with Crippen LogP contribution in [0.2, 0.25) is 0 Å². The van der Waals surface area contributed by atoms with E-state index in [1.54, 1.807) is 36.6 Å². The van der Waals surface area contributed by atoms with E-state index in [4.69, 9.17) is 9.15 Å². The van der Waals surface area contributed by atoms with Gasteiger partial charge in [0.1, 0.15) is 11.5 Å². The molecule has 2 rings (SSSR count). The van der Waals surface area contributed by atoms with E-state index in [1.807, 2.05) is 13.0 Å². The first kappa shape index (κ1) is 17.6. The molecule has 2 amide bonds. The van der Waals surface area contributed by atoms with E-state index in [-0.39, 0.29) is 11.8 Å². The first-order valence-corrected chi connectivity index (χ1v) is 7.99. The predicted molar refractivity (Wildman–Crippen MR) is 89.7 cm³/mol. The van der Waals surface area contributed by atoms with Crippen LogP contribution in [0.25, 0.3) is 0 Å². The lowest BCUT2D eigenvalue weighted by Crippen LogP contribution is -2.27. The number of hydrogen-bond donors (Lipinski definition) is 2. The van der Waals surface area contributed by atoms with E-state index in [1.165, 1.54) is 0 Å². The monoisotopic (exact) mass is 330 g/mol. The van der Waals surface area contributed by atoms with Crippen LogP contribution in [0.1, 0.15) is 35.9 Å². The van der Waals surface area contributed by atoms with Crippen LogP contribution in [0.4, 0.5) is 0 Å². The molecule has 0 spiro atoms. The summed E-state index contributed by atoms with van der Waals surface area (Å²) in [5.41, 5.74) is 0.502. The Morgan fingerprint density at radius 1 is 1.12 bits per heavy atom. The zero-order valence-electron chi connectivity index (χ0n) is 13.7. The Balaban J connectivity index is 1.68. The number of carbonyl (C=O) groups is 2. The highest BCUT2D eigenvalue weighted by molar-refractivity contribution is 5.96. The zero-order chi connectivity index (χ0) is 17.2. The molecule has 24 heavy (non-hydrogen) atoms. The highest BCUT2D eigenvalue weighted by Gasteiger charge is 2.11. The van der Waals surface area contributed by atoms with Crippen LogP contribution in [0.15, 0.2) is 47.1 Å². The average Bonchev–Trinajstić information content (AvgIpc) is 3.11. The SMILES string of the molecule is CCOc1ccccc1C(=O)NCCCC(=O)NCc1ccco1. The molecule has 0 unspecified atom stereocenters. The lowest BCUT2D eigenvalue weighted by molar-refractivity contribution is -0.121. The summed E-state index contributed by atoms with van der Waals surface area (Å²) in [6.07, 6.45) is 2.47. The van der Waals surface area contributed by atoms with Crippen LogP contribution in [0.5, 0.6) is 5.75 Å². The van der Waals surface area contributed by atoms with Crippen molar-refractivity contribution in [2.45, 2.75) is 26.3 Å². The summed E-state index contributed by atoms with van der Waals surface area (Å²) in [5.74, 6) is 1.00. The van der Waals surface area contributed by atoms with Gasteiger partial charge in [0.05, 0.1) is 25.0 Å². The second-order valence-electron chi connectivity index (χ2n) is 5.14. The first-order chi connectivity index (χ1) is 11.7. The van der Waals surface area contributed by atoms with Crippen molar-refractivity contribution in [2.24, 2.45) is 0 Å². The van der Waals surface area contributed by atoms with Crippen molar-refractivity contribution >= 4 is 11.8 Å². The van der Waals surface area contributed by atoms with Gasteiger partial charge in [0.15, 0.2) is 0 Å². The molecule has 6 heteroatoms. The van der Waals surface area contributed by atoms with Crippen LogP contribution in [-0.4, -0.2) is 25.0 Å². The van der Waals surface area contributed by atoms with Crippen molar-refractivity contribution in [2.75, 3.05) is 13.2 Å². The topological polar surface area (TPSA) is 80.6 Å². The van der Waals surface area contributed by atoms with Gasteiger partial charge in [-0.05, 0) is 37.6 Å². The van der Waals surface area contributed by atoms with Gasteiger partial charge in [-0.3, -0.25) is 9.59 Å². The van der Waals surface area contributed by atoms with Crippen LogP contribution in [-0.2, 0) is 11.3 Å². The molecule has 0 saturated carbocycles. The Bertz CT molecular complexity index is 653. The van der Waals surface area contributed by atoms with Crippen LogP contribution >= 0.6 is 0 Å². The summed E-state index contributed by atoms with van der Waals surface area (Å²) in [7, 11) is 0. The standard InChI is InChI=1S/C18H22N2O4/c1-2-23-16-9-4-3-8-15(16)18(22)19-11-5-10-17(21)20-13-14-7-6-12-24-14/h3-4,6-9,12H,2,5,10-11,13H2,1H3,(H,19,22)(H,20,21). The minimum absolute atomic E-state index is 0.0737. The molecular formula is C18H22N2O4. The number of benzene rings is 1. The molecule has 0 fully saturated rings. The van der Waals surface area contributed by atoms with Gasteiger partial charge in [0.2, 0.25) is 5.91 Å². The average molecular weight is 330 g/mol.